The highest BCUT2D eigenvalue weighted by Gasteiger charge is 2.06. The maximum absolute atomic E-state index is 9.19. The molecule has 17 heavy (non-hydrogen) atoms. The summed E-state index contributed by atoms with van der Waals surface area (Å²) in [5.41, 5.74) is 2.46. The molecule has 0 spiro atoms. The minimum absolute atomic E-state index is 0. The summed E-state index contributed by atoms with van der Waals surface area (Å²) in [6.07, 6.45) is 0. The van der Waals surface area contributed by atoms with Gasteiger partial charge in [0.05, 0.1) is 0 Å². The van der Waals surface area contributed by atoms with E-state index in [1.165, 1.54) is 0 Å². The molecule has 1 heterocycles. The third-order valence-electron chi connectivity index (χ3n) is 2.41. The summed E-state index contributed by atoms with van der Waals surface area (Å²) < 4.78 is 5.60. The van der Waals surface area contributed by atoms with Crippen molar-refractivity contribution in [3.63, 3.8) is 0 Å². The van der Waals surface area contributed by atoms with Gasteiger partial charge < -0.3 is 9.52 Å². The number of benzene rings is 2. The average Bonchev–Trinajstić information content (AvgIpc) is 2.73. The number of hydrogen-bond donors (Lipinski definition) is 1. The molecule has 0 aliphatic rings. The third-order valence-corrected chi connectivity index (χ3v) is 2.41. The molecule has 3 nitrogen and oxygen atoms in total. The van der Waals surface area contributed by atoms with Crippen LogP contribution >= 0.6 is 0 Å². The van der Waals surface area contributed by atoms with Crippen LogP contribution in [0.5, 0.6) is 5.75 Å². The van der Waals surface area contributed by atoms with Gasteiger partial charge in [-0.1, -0.05) is 12.1 Å². The number of para-hydroxylation sites is 2. The zero-order valence-corrected chi connectivity index (χ0v) is 10.2. The van der Waals surface area contributed by atoms with Gasteiger partial charge in [-0.15, -0.1) is 0 Å². The van der Waals surface area contributed by atoms with E-state index >= 15 is 0 Å². The number of hydrogen-bond acceptors (Lipinski definition) is 3. The van der Waals surface area contributed by atoms with E-state index in [0.29, 0.717) is 5.89 Å². The Morgan fingerprint density at radius 2 is 1.65 bits per heavy atom. The highest BCUT2D eigenvalue weighted by molar-refractivity contribution is 5.76. The normalized spacial score (nSPS) is 10.1. The summed E-state index contributed by atoms with van der Waals surface area (Å²) in [6.45, 7) is 0. The topological polar surface area (TPSA) is 46.3 Å². The molecular weight excluding hydrogens is 229 g/mol. The number of rotatable bonds is 1. The molecule has 0 amide bonds. The SMILES string of the molecule is Oc1ccc(-c2nc3ccccc3o2)cc1.[Al]. The Balaban J connectivity index is 0.00000108. The van der Waals surface area contributed by atoms with Crippen LogP contribution in [0.1, 0.15) is 0 Å². The largest absolute Gasteiger partial charge is 0.508 e. The molecule has 0 unspecified atom stereocenters. The second-order valence-electron chi connectivity index (χ2n) is 3.53. The van der Waals surface area contributed by atoms with Crippen molar-refractivity contribution in [1.29, 1.82) is 0 Å². The van der Waals surface area contributed by atoms with Crippen molar-refractivity contribution in [3.8, 4) is 17.2 Å². The summed E-state index contributed by atoms with van der Waals surface area (Å²) in [7, 11) is 0. The Kier molecular flexibility index (Phi) is 3.19. The molecule has 0 aliphatic heterocycles. The minimum Gasteiger partial charge on any atom is -0.508 e. The van der Waals surface area contributed by atoms with Crippen molar-refractivity contribution in [2.75, 3.05) is 0 Å². The minimum atomic E-state index is 0. The van der Waals surface area contributed by atoms with Crippen molar-refractivity contribution in [3.05, 3.63) is 48.5 Å². The van der Waals surface area contributed by atoms with E-state index in [2.05, 4.69) is 4.98 Å². The van der Waals surface area contributed by atoms with Crippen LogP contribution < -0.4 is 0 Å². The summed E-state index contributed by atoms with van der Waals surface area (Å²) in [4.78, 5) is 4.36. The lowest BCUT2D eigenvalue weighted by Gasteiger charge is -1.94. The van der Waals surface area contributed by atoms with Gasteiger partial charge in [0.1, 0.15) is 11.3 Å². The van der Waals surface area contributed by atoms with Crippen LogP contribution in [-0.4, -0.2) is 27.5 Å². The Morgan fingerprint density at radius 3 is 2.35 bits per heavy atom. The molecule has 1 N–H and O–H groups in total. The maximum Gasteiger partial charge on any atom is 0.227 e. The van der Waals surface area contributed by atoms with Crippen LogP contribution in [0.25, 0.3) is 22.6 Å². The maximum atomic E-state index is 9.19. The second kappa shape index (κ2) is 4.62. The molecule has 0 atom stereocenters. The lowest BCUT2D eigenvalue weighted by Crippen LogP contribution is -1.75. The highest BCUT2D eigenvalue weighted by atomic mass is 27.0. The lowest BCUT2D eigenvalue weighted by atomic mass is 10.2. The fourth-order valence-corrected chi connectivity index (χ4v) is 1.60. The number of phenols is 1. The number of phenolic OH excluding ortho intramolecular Hbond substituents is 1. The van der Waals surface area contributed by atoms with Gasteiger partial charge in [-0.25, -0.2) is 4.98 Å². The monoisotopic (exact) mass is 238 g/mol. The van der Waals surface area contributed by atoms with E-state index in [0.717, 1.165) is 16.7 Å². The van der Waals surface area contributed by atoms with Crippen LogP contribution in [0.2, 0.25) is 0 Å². The molecule has 0 saturated carbocycles. The molecule has 3 radical (unpaired) electrons. The smallest absolute Gasteiger partial charge is 0.227 e. The zero-order valence-electron chi connectivity index (χ0n) is 9.00. The molecular formula is C13H9AlNO2. The quantitative estimate of drug-likeness (QED) is 0.663. The molecule has 1 aromatic heterocycles. The number of fused-ring (bicyclic) bond motifs is 1. The molecule has 0 fully saturated rings. The molecule has 2 aromatic carbocycles. The Hall–Kier alpha value is -1.76. The summed E-state index contributed by atoms with van der Waals surface area (Å²) in [5, 5.41) is 9.19. The van der Waals surface area contributed by atoms with Crippen molar-refractivity contribution < 1.29 is 9.52 Å². The van der Waals surface area contributed by atoms with E-state index < -0.39 is 0 Å². The predicted octanol–water partition coefficient (Wildman–Crippen LogP) is 2.82. The number of aromatic hydroxyl groups is 1. The van der Waals surface area contributed by atoms with Crippen molar-refractivity contribution in [2.24, 2.45) is 0 Å². The van der Waals surface area contributed by atoms with Gasteiger partial charge in [0.15, 0.2) is 5.58 Å². The first-order valence-electron chi connectivity index (χ1n) is 4.98. The van der Waals surface area contributed by atoms with Crippen molar-refractivity contribution in [2.45, 2.75) is 0 Å². The van der Waals surface area contributed by atoms with E-state index in [9.17, 15) is 5.11 Å². The first-order valence-corrected chi connectivity index (χ1v) is 4.98. The van der Waals surface area contributed by atoms with Gasteiger partial charge in [0, 0.05) is 22.9 Å². The van der Waals surface area contributed by atoms with Gasteiger partial charge in [-0.2, -0.15) is 0 Å². The van der Waals surface area contributed by atoms with Crippen LogP contribution in [-0.2, 0) is 0 Å². The van der Waals surface area contributed by atoms with Crippen LogP contribution in [0, 0.1) is 0 Å². The molecule has 3 rings (SSSR count). The molecule has 0 bridgehead atoms. The first-order chi connectivity index (χ1) is 7.83. The molecule has 4 heteroatoms. The van der Waals surface area contributed by atoms with Gasteiger partial charge in [0.25, 0.3) is 0 Å². The number of aromatic nitrogens is 1. The van der Waals surface area contributed by atoms with Crippen LogP contribution in [0.15, 0.2) is 52.9 Å². The highest BCUT2D eigenvalue weighted by Crippen LogP contribution is 2.25. The fourth-order valence-electron chi connectivity index (χ4n) is 1.60. The Morgan fingerprint density at radius 1 is 0.941 bits per heavy atom. The van der Waals surface area contributed by atoms with Gasteiger partial charge in [-0.3, -0.25) is 0 Å². The summed E-state index contributed by atoms with van der Waals surface area (Å²) in [5.74, 6) is 0.807. The van der Waals surface area contributed by atoms with E-state index in [1.54, 1.807) is 24.3 Å². The van der Waals surface area contributed by atoms with Crippen molar-refractivity contribution >= 4 is 28.5 Å². The molecule has 0 aliphatic carbocycles. The van der Waals surface area contributed by atoms with E-state index in [1.807, 2.05) is 24.3 Å². The molecule has 0 saturated heterocycles. The summed E-state index contributed by atoms with van der Waals surface area (Å²) in [6, 6.07) is 14.4. The van der Waals surface area contributed by atoms with Crippen LogP contribution in [0.3, 0.4) is 0 Å². The van der Waals surface area contributed by atoms with Crippen LogP contribution in [0.4, 0.5) is 0 Å². The van der Waals surface area contributed by atoms with E-state index in [4.69, 9.17) is 4.42 Å². The summed E-state index contributed by atoms with van der Waals surface area (Å²) >= 11 is 0. The average molecular weight is 238 g/mol. The van der Waals surface area contributed by atoms with Crippen molar-refractivity contribution in [1.82, 2.24) is 4.98 Å². The Labute approximate surface area is 109 Å². The first kappa shape index (κ1) is 11.7. The zero-order chi connectivity index (χ0) is 11.0. The van der Waals surface area contributed by atoms with E-state index in [-0.39, 0.29) is 23.1 Å². The van der Waals surface area contributed by atoms with Gasteiger partial charge in [0.2, 0.25) is 5.89 Å². The Bertz CT molecular complexity index is 598. The third kappa shape index (κ3) is 2.19. The second-order valence-corrected chi connectivity index (χ2v) is 3.53. The molecule has 3 aromatic rings. The lowest BCUT2D eigenvalue weighted by molar-refractivity contribution is 0.475. The number of nitrogens with zero attached hydrogens (tertiary/aromatic N) is 1. The standard InChI is InChI=1S/C13H9NO2.Al/c15-10-7-5-9(6-8-10)13-14-11-3-1-2-4-12(11)16-13;/h1-8,15H;. The molecule has 81 valence electrons. The predicted molar refractivity (Wildman–Crippen MR) is 66.9 cm³/mol. The van der Waals surface area contributed by atoms with Gasteiger partial charge >= 0.3 is 0 Å². The van der Waals surface area contributed by atoms with Gasteiger partial charge in [-0.05, 0) is 36.4 Å². The number of oxazole rings is 1. The fraction of sp³-hybridized carbons (Fsp3) is 0.